The zero-order valence-corrected chi connectivity index (χ0v) is 39.9. The number of carbonyl (C=O) groups is 2. The fourth-order valence-electron chi connectivity index (χ4n) is 8.48. The number of hydrogen-bond acceptors (Lipinski definition) is 14. The van der Waals surface area contributed by atoms with E-state index in [-0.39, 0.29) is 47.5 Å². The lowest BCUT2D eigenvalue weighted by Gasteiger charge is -2.23. The van der Waals surface area contributed by atoms with Crippen molar-refractivity contribution >= 4 is 22.1 Å². The number of esters is 2. The third-order valence-electron chi connectivity index (χ3n) is 11.9. The summed E-state index contributed by atoms with van der Waals surface area (Å²) >= 11 is 0. The number of nitrogens with zero attached hydrogens (tertiary/aromatic N) is 4. The van der Waals surface area contributed by atoms with E-state index in [4.69, 9.17) is 22.7 Å². The van der Waals surface area contributed by atoms with Crippen molar-refractivity contribution in [2.45, 2.75) is 224 Å². The summed E-state index contributed by atoms with van der Waals surface area (Å²) < 4.78 is 52.1. The summed E-state index contributed by atoms with van der Waals surface area (Å²) in [6.45, 7) is 13.4. The second kappa shape index (κ2) is 24.0. The highest BCUT2D eigenvalue weighted by atomic mass is 32.2. The van der Waals surface area contributed by atoms with Gasteiger partial charge in [-0.25, -0.2) is 0 Å². The van der Waals surface area contributed by atoms with Gasteiger partial charge in [0.2, 0.25) is 11.8 Å². The van der Waals surface area contributed by atoms with Gasteiger partial charge in [0, 0.05) is 17.9 Å². The SMILES string of the molecule is CC(C)(C)OC(=O)C[C@@H](CCCC1CCCCC1)c1nc(CNC2CC2)no1.Cc1ccc(S(=O)(=O)OCc2noc([C@H](CCCC3CCCCC3)CC(=O)OC(C)(C)C)n2)cc1. The summed E-state index contributed by atoms with van der Waals surface area (Å²) in [6, 6.07) is 7.01. The molecule has 2 heterocycles. The molecule has 2 atom stereocenters. The van der Waals surface area contributed by atoms with Crippen LogP contribution in [0.2, 0.25) is 0 Å². The Bertz CT molecular complexity index is 1930. The number of aromatic nitrogens is 4. The Morgan fingerprint density at radius 2 is 1.16 bits per heavy atom. The molecule has 63 heavy (non-hydrogen) atoms. The molecule has 3 saturated carbocycles. The fourth-order valence-corrected chi connectivity index (χ4v) is 9.34. The molecule has 352 valence electrons. The van der Waals surface area contributed by atoms with Gasteiger partial charge >= 0.3 is 11.9 Å². The molecule has 3 aromatic rings. The van der Waals surface area contributed by atoms with E-state index in [1.165, 1.54) is 95.6 Å². The first-order valence-electron chi connectivity index (χ1n) is 23.7. The first kappa shape index (κ1) is 50.3. The van der Waals surface area contributed by atoms with Crippen LogP contribution in [0.3, 0.4) is 0 Å². The van der Waals surface area contributed by atoms with Crippen LogP contribution < -0.4 is 5.32 Å². The maximum atomic E-state index is 12.5. The highest BCUT2D eigenvalue weighted by molar-refractivity contribution is 7.86. The predicted molar refractivity (Wildman–Crippen MR) is 239 cm³/mol. The third-order valence-corrected chi connectivity index (χ3v) is 13.2. The smallest absolute Gasteiger partial charge is 0.307 e. The first-order valence-corrected chi connectivity index (χ1v) is 25.1. The maximum absolute atomic E-state index is 12.5. The second-order valence-corrected chi connectivity index (χ2v) is 21.7. The standard InChI is InChI=1S/C26H38N2O6S.C22H37N3O3/c1-19-13-15-22(16-14-19)35(30,31)32-18-23-27-25(34-28-23)21(17-24(29)33-26(2,3)4)12-8-11-20-9-6-5-7-10-20;1-22(2,3)27-20(26)14-17(11-7-10-16-8-5-4-6-9-16)21-24-19(25-28-21)15-23-18-12-13-18/h13-16,20-21H,5-12,17-18H2,1-4H3;16-18,23H,4-15H2,1-3H3/t21-;17-/m11/s1. The summed E-state index contributed by atoms with van der Waals surface area (Å²) in [4.78, 5) is 34.0. The van der Waals surface area contributed by atoms with Crippen LogP contribution in [0, 0.1) is 18.8 Å². The van der Waals surface area contributed by atoms with Gasteiger partial charge in [0.1, 0.15) is 17.8 Å². The van der Waals surface area contributed by atoms with E-state index in [0.717, 1.165) is 49.5 Å². The van der Waals surface area contributed by atoms with E-state index < -0.39 is 21.3 Å². The Morgan fingerprint density at radius 1 is 0.698 bits per heavy atom. The van der Waals surface area contributed by atoms with E-state index in [1.54, 1.807) is 12.1 Å². The minimum absolute atomic E-state index is 0.0550. The van der Waals surface area contributed by atoms with Crippen LogP contribution >= 0.6 is 0 Å². The molecule has 0 saturated heterocycles. The zero-order chi connectivity index (χ0) is 45.5. The lowest BCUT2D eigenvalue weighted by molar-refractivity contribution is -0.156. The molecule has 3 aliphatic carbocycles. The molecule has 1 aromatic carbocycles. The first-order chi connectivity index (χ1) is 29.9. The maximum Gasteiger partial charge on any atom is 0.307 e. The largest absolute Gasteiger partial charge is 0.460 e. The van der Waals surface area contributed by atoms with Crippen LogP contribution in [0.15, 0.2) is 38.2 Å². The number of nitrogens with one attached hydrogen (secondary N) is 1. The molecule has 3 fully saturated rings. The monoisotopic (exact) mass is 898 g/mol. The molecule has 14 nitrogen and oxygen atoms in total. The van der Waals surface area contributed by atoms with E-state index in [2.05, 4.69) is 25.6 Å². The zero-order valence-electron chi connectivity index (χ0n) is 39.1. The van der Waals surface area contributed by atoms with Gasteiger partial charge in [0.15, 0.2) is 11.6 Å². The number of rotatable bonds is 21. The van der Waals surface area contributed by atoms with Crippen molar-refractivity contribution < 1.29 is 40.7 Å². The van der Waals surface area contributed by atoms with Gasteiger partial charge in [-0.05, 0) is 98.1 Å². The van der Waals surface area contributed by atoms with Gasteiger partial charge < -0.3 is 23.8 Å². The van der Waals surface area contributed by atoms with Crippen LogP contribution in [0.1, 0.15) is 211 Å². The molecule has 15 heteroatoms. The van der Waals surface area contributed by atoms with E-state index in [0.29, 0.717) is 36.6 Å². The summed E-state index contributed by atoms with van der Waals surface area (Å²) in [6.07, 6.45) is 22.2. The summed E-state index contributed by atoms with van der Waals surface area (Å²) in [5, 5.41) is 11.4. The Morgan fingerprint density at radius 3 is 1.62 bits per heavy atom. The number of hydrogen-bond donors (Lipinski definition) is 1. The fraction of sp³-hybridized carbons (Fsp3) is 0.750. The van der Waals surface area contributed by atoms with Gasteiger partial charge in [-0.15, -0.1) is 0 Å². The molecular weight excluding hydrogens is 823 g/mol. The molecule has 3 aliphatic rings. The minimum Gasteiger partial charge on any atom is -0.460 e. The molecule has 0 unspecified atom stereocenters. The third kappa shape index (κ3) is 19.1. The highest BCUT2D eigenvalue weighted by Crippen LogP contribution is 2.33. The Kier molecular flexibility index (Phi) is 19.2. The van der Waals surface area contributed by atoms with Gasteiger partial charge in [0.05, 0.1) is 24.3 Å². The summed E-state index contributed by atoms with van der Waals surface area (Å²) in [5.41, 5.74) is -0.105. The molecule has 1 N–H and O–H groups in total. The Hall–Kier alpha value is -3.69. The second-order valence-electron chi connectivity index (χ2n) is 20.1. The average Bonchev–Trinajstić information content (AvgIpc) is 3.71. The topological polar surface area (TPSA) is 186 Å². The Labute approximate surface area is 376 Å². The van der Waals surface area contributed by atoms with Gasteiger partial charge in [-0.3, -0.25) is 13.8 Å². The van der Waals surface area contributed by atoms with Crippen LogP contribution in [0.4, 0.5) is 0 Å². The van der Waals surface area contributed by atoms with Gasteiger partial charge in [-0.2, -0.15) is 18.4 Å². The number of carbonyl (C=O) groups excluding carboxylic acids is 2. The van der Waals surface area contributed by atoms with Crippen LogP contribution in [-0.2, 0) is 46.5 Å². The van der Waals surface area contributed by atoms with Crippen LogP contribution in [0.5, 0.6) is 0 Å². The normalized spacial score (nSPS) is 17.7. The highest BCUT2D eigenvalue weighted by Gasteiger charge is 2.29. The molecule has 0 bridgehead atoms. The van der Waals surface area contributed by atoms with Crippen molar-refractivity contribution in [3.8, 4) is 0 Å². The van der Waals surface area contributed by atoms with Crippen LogP contribution in [0.25, 0.3) is 0 Å². The summed E-state index contributed by atoms with van der Waals surface area (Å²) in [7, 11) is -3.95. The van der Waals surface area contributed by atoms with Crippen LogP contribution in [-0.4, -0.2) is 57.9 Å². The minimum atomic E-state index is -3.95. The van der Waals surface area contributed by atoms with Crippen molar-refractivity contribution in [1.29, 1.82) is 0 Å². The predicted octanol–water partition coefficient (Wildman–Crippen LogP) is 10.7. The molecule has 0 radical (unpaired) electrons. The Balaban J connectivity index is 0.000000243. The molecular formula is C48H75N5O9S. The lowest BCUT2D eigenvalue weighted by Crippen LogP contribution is -2.25. The van der Waals surface area contributed by atoms with E-state index in [9.17, 15) is 18.0 Å². The van der Waals surface area contributed by atoms with E-state index >= 15 is 0 Å². The van der Waals surface area contributed by atoms with Gasteiger partial charge in [-0.1, -0.05) is 118 Å². The number of aryl methyl sites for hydroxylation is 1. The summed E-state index contributed by atoms with van der Waals surface area (Å²) in [5.74, 6) is 2.43. The van der Waals surface area contributed by atoms with E-state index in [1.807, 2.05) is 48.5 Å². The van der Waals surface area contributed by atoms with Crippen molar-refractivity contribution in [3.05, 3.63) is 53.3 Å². The molecule has 2 aromatic heterocycles. The van der Waals surface area contributed by atoms with Gasteiger partial charge in [0.25, 0.3) is 10.1 Å². The number of ether oxygens (including phenoxy) is 2. The van der Waals surface area contributed by atoms with Crippen molar-refractivity contribution in [2.24, 2.45) is 11.8 Å². The number of benzene rings is 1. The van der Waals surface area contributed by atoms with Crippen molar-refractivity contribution in [1.82, 2.24) is 25.6 Å². The molecule has 6 rings (SSSR count). The molecule has 0 spiro atoms. The lowest BCUT2D eigenvalue weighted by atomic mass is 9.84. The molecule has 0 amide bonds. The average molecular weight is 898 g/mol. The quantitative estimate of drug-likeness (QED) is 0.0786. The van der Waals surface area contributed by atoms with Crippen molar-refractivity contribution in [2.75, 3.05) is 0 Å². The van der Waals surface area contributed by atoms with Crippen molar-refractivity contribution in [3.63, 3.8) is 0 Å². The molecule has 0 aliphatic heterocycles.